The molecule has 0 amide bonds. The lowest BCUT2D eigenvalue weighted by Gasteiger charge is -2.25. The van der Waals surface area contributed by atoms with Crippen LogP contribution >= 0.6 is 27.3 Å². The van der Waals surface area contributed by atoms with Crippen LogP contribution in [0, 0.1) is 0 Å². The summed E-state index contributed by atoms with van der Waals surface area (Å²) < 4.78 is 3.40. The fourth-order valence-electron chi connectivity index (χ4n) is 2.52. The number of pyridine rings is 1. The average Bonchev–Trinajstić information content (AvgIpc) is 2.92. The number of rotatable bonds is 2. The number of thiazole rings is 1. The second kappa shape index (κ2) is 6.33. The van der Waals surface area contributed by atoms with Gasteiger partial charge in [0.1, 0.15) is 13.3 Å². The van der Waals surface area contributed by atoms with Gasteiger partial charge in [0.25, 0.3) is 5.56 Å². The monoisotopic (exact) mass is 400 g/mol. The van der Waals surface area contributed by atoms with Crippen molar-refractivity contribution in [2.24, 2.45) is 4.99 Å². The van der Waals surface area contributed by atoms with Crippen molar-refractivity contribution in [3.8, 4) is 0 Å². The number of benzene rings is 1. The van der Waals surface area contributed by atoms with Crippen molar-refractivity contribution in [1.29, 1.82) is 0 Å². The van der Waals surface area contributed by atoms with E-state index in [2.05, 4.69) is 30.8 Å². The summed E-state index contributed by atoms with van der Waals surface area (Å²) in [6.07, 6.45) is 3.54. The minimum absolute atomic E-state index is 0.0220. The smallest absolute Gasteiger partial charge is 0.271 e. The summed E-state index contributed by atoms with van der Waals surface area (Å²) in [5.74, 6) is 0. The van der Waals surface area contributed by atoms with Gasteiger partial charge >= 0.3 is 0 Å². The number of anilines is 1. The Balaban J connectivity index is 1.71. The summed E-state index contributed by atoms with van der Waals surface area (Å²) >= 11 is 4.85. The molecule has 0 unspecified atom stereocenters. The van der Waals surface area contributed by atoms with Gasteiger partial charge in [0, 0.05) is 16.4 Å². The second-order valence-corrected chi connectivity index (χ2v) is 7.26. The lowest BCUT2D eigenvalue weighted by molar-refractivity contribution is 0.569. The molecule has 0 saturated carbocycles. The minimum Gasteiger partial charge on any atom is -0.334 e. The Hall–Kier alpha value is -2.25. The lowest BCUT2D eigenvalue weighted by Crippen LogP contribution is -2.42. The summed E-state index contributed by atoms with van der Waals surface area (Å²) in [5.41, 5.74) is 1.80. The van der Waals surface area contributed by atoms with Gasteiger partial charge < -0.3 is 4.90 Å². The molecular weight excluding hydrogens is 388 g/mol. The molecule has 7 heteroatoms. The van der Waals surface area contributed by atoms with Crippen LogP contribution in [0.1, 0.15) is 5.69 Å². The number of hydrogen-bond acceptors (Lipinski definition) is 5. The summed E-state index contributed by atoms with van der Waals surface area (Å²) in [4.78, 5) is 24.3. The molecule has 2 aromatic heterocycles. The van der Waals surface area contributed by atoms with E-state index < -0.39 is 0 Å². The maximum atomic E-state index is 12.7. The molecule has 24 heavy (non-hydrogen) atoms. The van der Waals surface area contributed by atoms with E-state index >= 15 is 0 Å². The standard InChI is InChI=1S/C17H13BrN4OS/c18-12-4-6-14(7-5-12)21-10-20-17-22(11-21)16(23)15(24-17)9-13-3-1-2-8-19-13/h1-9H,10-11H2. The van der Waals surface area contributed by atoms with Crippen LogP contribution in [-0.4, -0.2) is 16.2 Å². The van der Waals surface area contributed by atoms with Crippen LogP contribution in [0.2, 0.25) is 0 Å². The molecule has 120 valence electrons. The Bertz CT molecular complexity index is 1040. The molecule has 3 heterocycles. The number of halogens is 1. The molecule has 1 aliphatic rings. The molecule has 0 aliphatic carbocycles. The van der Waals surface area contributed by atoms with Gasteiger partial charge in [-0.05, 0) is 42.5 Å². The van der Waals surface area contributed by atoms with Crippen molar-refractivity contribution >= 4 is 39.0 Å². The first-order chi connectivity index (χ1) is 11.7. The third kappa shape index (κ3) is 2.92. The van der Waals surface area contributed by atoms with Gasteiger partial charge in [0.2, 0.25) is 0 Å². The highest BCUT2D eigenvalue weighted by atomic mass is 79.9. The molecular formula is C17H13BrN4OS. The highest BCUT2D eigenvalue weighted by Gasteiger charge is 2.15. The number of fused-ring (bicyclic) bond motifs is 1. The molecule has 0 atom stereocenters. The van der Waals surface area contributed by atoms with Crippen LogP contribution in [-0.2, 0) is 6.67 Å². The normalized spacial score (nSPS) is 14.4. The second-order valence-electron chi connectivity index (χ2n) is 5.34. The zero-order valence-electron chi connectivity index (χ0n) is 12.6. The predicted molar refractivity (Wildman–Crippen MR) is 98.7 cm³/mol. The fourth-order valence-corrected chi connectivity index (χ4v) is 3.73. The van der Waals surface area contributed by atoms with Gasteiger partial charge in [-0.2, -0.15) is 0 Å². The van der Waals surface area contributed by atoms with Crippen molar-refractivity contribution in [3.63, 3.8) is 0 Å². The van der Waals surface area contributed by atoms with Crippen LogP contribution in [0.4, 0.5) is 5.69 Å². The number of hydrogen-bond donors (Lipinski definition) is 0. The molecule has 1 aliphatic heterocycles. The zero-order valence-corrected chi connectivity index (χ0v) is 15.0. The van der Waals surface area contributed by atoms with Gasteiger partial charge in [-0.3, -0.25) is 14.3 Å². The SMILES string of the molecule is O=c1c(=Cc2ccccn2)sc2n1CN(c1ccc(Br)cc1)CN=2. The molecule has 0 radical (unpaired) electrons. The summed E-state index contributed by atoms with van der Waals surface area (Å²) in [7, 11) is 0. The fraction of sp³-hybridized carbons (Fsp3) is 0.118. The number of aromatic nitrogens is 2. The molecule has 5 nitrogen and oxygen atoms in total. The van der Waals surface area contributed by atoms with E-state index in [-0.39, 0.29) is 5.56 Å². The van der Waals surface area contributed by atoms with Crippen LogP contribution < -0.4 is 19.8 Å². The van der Waals surface area contributed by atoms with Crippen molar-refractivity contribution < 1.29 is 0 Å². The van der Waals surface area contributed by atoms with Crippen molar-refractivity contribution in [1.82, 2.24) is 9.55 Å². The maximum Gasteiger partial charge on any atom is 0.271 e. The third-order valence-corrected chi connectivity index (χ3v) is 5.31. The summed E-state index contributed by atoms with van der Waals surface area (Å²) in [5, 5.41) is 0. The van der Waals surface area contributed by atoms with E-state index in [9.17, 15) is 4.79 Å². The molecule has 0 saturated heterocycles. The average molecular weight is 401 g/mol. The van der Waals surface area contributed by atoms with E-state index in [4.69, 9.17) is 0 Å². The van der Waals surface area contributed by atoms with Crippen molar-refractivity contribution in [2.75, 3.05) is 11.6 Å². The summed E-state index contributed by atoms with van der Waals surface area (Å²) in [6, 6.07) is 13.7. The Morgan fingerprint density at radius 3 is 2.75 bits per heavy atom. The number of nitrogens with zero attached hydrogens (tertiary/aromatic N) is 4. The Kier molecular flexibility index (Phi) is 4.03. The molecule has 0 bridgehead atoms. The van der Waals surface area contributed by atoms with Crippen LogP contribution in [0.25, 0.3) is 6.08 Å². The first kappa shape index (κ1) is 15.3. The van der Waals surface area contributed by atoms with Crippen molar-refractivity contribution in [2.45, 2.75) is 6.67 Å². The van der Waals surface area contributed by atoms with E-state index in [0.29, 0.717) is 17.9 Å². The first-order valence-electron chi connectivity index (χ1n) is 7.38. The van der Waals surface area contributed by atoms with E-state index in [1.807, 2.05) is 48.5 Å². The van der Waals surface area contributed by atoms with E-state index in [1.165, 1.54) is 11.3 Å². The topological polar surface area (TPSA) is 50.5 Å². The maximum absolute atomic E-state index is 12.7. The highest BCUT2D eigenvalue weighted by Crippen LogP contribution is 2.19. The summed E-state index contributed by atoms with van der Waals surface area (Å²) in [6.45, 7) is 1.05. The highest BCUT2D eigenvalue weighted by molar-refractivity contribution is 9.10. The molecule has 0 spiro atoms. The molecule has 0 fully saturated rings. The molecule has 3 aromatic rings. The van der Waals surface area contributed by atoms with Gasteiger partial charge in [-0.15, -0.1) is 0 Å². The van der Waals surface area contributed by atoms with Crippen molar-refractivity contribution in [3.05, 3.63) is 78.5 Å². The largest absolute Gasteiger partial charge is 0.334 e. The lowest BCUT2D eigenvalue weighted by atomic mass is 10.3. The quantitative estimate of drug-likeness (QED) is 0.660. The zero-order chi connectivity index (χ0) is 16.5. The third-order valence-electron chi connectivity index (χ3n) is 3.74. The first-order valence-corrected chi connectivity index (χ1v) is 8.99. The van der Waals surface area contributed by atoms with Crippen LogP contribution in [0.15, 0.2) is 62.9 Å². The molecule has 1 aromatic carbocycles. The Morgan fingerprint density at radius 1 is 1.17 bits per heavy atom. The van der Waals surface area contributed by atoms with Gasteiger partial charge in [0.15, 0.2) is 4.80 Å². The Morgan fingerprint density at radius 2 is 2.00 bits per heavy atom. The molecule has 4 rings (SSSR count). The van der Waals surface area contributed by atoms with Gasteiger partial charge in [-0.25, -0.2) is 4.99 Å². The van der Waals surface area contributed by atoms with Gasteiger partial charge in [-0.1, -0.05) is 33.3 Å². The van der Waals surface area contributed by atoms with E-state index in [0.717, 1.165) is 20.7 Å². The van der Waals surface area contributed by atoms with Crippen LogP contribution in [0.3, 0.4) is 0 Å². The minimum atomic E-state index is -0.0220. The van der Waals surface area contributed by atoms with Gasteiger partial charge in [0.05, 0.1) is 10.2 Å². The Labute approximate surface area is 150 Å². The van der Waals surface area contributed by atoms with Crippen LogP contribution in [0.5, 0.6) is 0 Å². The van der Waals surface area contributed by atoms with E-state index in [1.54, 1.807) is 10.8 Å². The molecule has 0 N–H and O–H groups in total. The predicted octanol–water partition coefficient (Wildman–Crippen LogP) is 1.95.